The quantitative estimate of drug-likeness (QED) is 0.680. The average Bonchev–Trinajstić information content (AvgIpc) is 2.88. The molecule has 1 aromatic carbocycles. The van der Waals surface area contributed by atoms with E-state index in [0.717, 1.165) is 25.9 Å². The summed E-state index contributed by atoms with van der Waals surface area (Å²) < 4.78 is 11.0. The van der Waals surface area contributed by atoms with E-state index in [1.165, 1.54) is 18.2 Å². The fourth-order valence-electron chi connectivity index (χ4n) is 2.33. The number of nitrogens with zero attached hydrogens (tertiary/aromatic N) is 2. The van der Waals surface area contributed by atoms with Gasteiger partial charge >= 0.3 is 6.08 Å². The molecule has 1 atom stereocenters. The van der Waals surface area contributed by atoms with Gasteiger partial charge < -0.3 is 14.5 Å². The maximum Gasteiger partial charge on any atom is 0.394 e. The maximum atomic E-state index is 10.7. The van der Waals surface area contributed by atoms with E-state index in [4.69, 9.17) is 9.15 Å². The summed E-state index contributed by atoms with van der Waals surface area (Å²) in [4.78, 5) is 14.4. The number of hydrogen-bond acceptors (Lipinski definition) is 6. The molecule has 3 rings (SSSR count). The second-order valence-corrected chi connectivity index (χ2v) is 4.91. The number of nitro benzene ring substituents is 1. The van der Waals surface area contributed by atoms with E-state index < -0.39 is 4.92 Å². The van der Waals surface area contributed by atoms with E-state index in [1.54, 1.807) is 0 Å². The number of ether oxygens (including phenoxy) is 1. The van der Waals surface area contributed by atoms with Crippen molar-refractivity contribution in [3.05, 3.63) is 28.3 Å². The van der Waals surface area contributed by atoms with E-state index in [2.05, 4.69) is 10.3 Å². The first-order valence-electron chi connectivity index (χ1n) is 6.61. The zero-order valence-corrected chi connectivity index (χ0v) is 10.9. The van der Waals surface area contributed by atoms with Crippen LogP contribution in [0.15, 0.2) is 22.6 Å². The lowest BCUT2D eigenvalue weighted by Gasteiger charge is -2.21. The highest BCUT2D eigenvalue weighted by molar-refractivity contribution is 5.75. The van der Waals surface area contributed by atoms with Crippen molar-refractivity contribution in [3.8, 4) is 6.08 Å². The zero-order chi connectivity index (χ0) is 13.9. The minimum Gasteiger partial charge on any atom is -0.450 e. The van der Waals surface area contributed by atoms with Crippen molar-refractivity contribution in [3.63, 3.8) is 0 Å². The van der Waals surface area contributed by atoms with Crippen LogP contribution in [0.1, 0.15) is 12.8 Å². The van der Waals surface area contributed by atoms with Gasteiger partial charge in [-0.3, -0.25) is 10.1 Å². The number of fused-ring (bicyclic) bond motifs is 1. The first kappa shape index (κ1) is 12.9. The molecule has 0 spiro atoms. The van der Waals surface area contributed by atoms with Gasteiger partial charge in [0.1, 0.15) is 5.52 Å². The van der Waals surface area contributed by atoms with Gasteiger partial charge in [0, 0.05) is 24.6 Å². The van der Waals surface area contributed by atoms with Crippen molar-refractivity contribution in [2.24, 2.45) is 5.92 Å². The van der Waals surface area contributed by atoms with Crippen LogP contribution < -0.4 is 10.1 Å². The normalized spacial score (nSPS) is 19.1. The summed E-state index contributed by atoms with van der Waals surface area (Å²) in [6.45, 7) is 2.54. The smallest absolute Gasteiger partial charge is 0.394 e. The lowest BCUT2D eigenvalue weighted by molar-refractivity contribution is -0.384. The number of hydrogen-bond donors (Lipinski definition) is 1. The molecule has 1 aliphatic rings. The molecule has 7 nitrogen and oxygen atoms in total. The monoisotopic (exact) mass is 277 g/mol. The molecule has 2 aromatic rings. The number of piperidine rings is 1. The third kappa shape index (κ3) is 2.72. The van der Waals surface area contributed by atoms with Crippen molar-refractivity contribution in [2.75, 3.05) is 19.7 Å². The number of rotatable bonds is 4. The van der Waals surface area contributed by atoms with Gasteiger partial charge in [0.05, 0.1) is 11.5 Å². The summed E-state index contributed by atoms with van der Waals surface area (Å²) in [7, 11) is 0. The van der Waals surface area contributed by atoms with Crippen molar-refractivity contribution in [2.45, 2.75) is 12.8 Å². The Morgan fingerprint density at radius 1 is 1.55 bits per heavy atom. The third-order valence-electron chi connectivity index (χ3n) is 3.40. The first-order chi connectivity index (χ1) is 9.72. The zero-order valence-electron chi connectivity index (χ0n) is 10.9. The van der Waals surface area contributed by atoms with E-state index >= 15 is 0 Å². The summed E-state index contributed by atoms with van der Waals surface area (Å²) in [5.74, 6) is 0.452. The Kier molecular flexibility index (Phi) is 3.51. The molecule has 20 heavy (non-hydrogen) atoms. The molecule has 2 heterocycles. The van der Waals surface area contributed by atoms with Crippen molar-refractivity contribution < 1.29 is 14.1 Å². The van der Waals surface area contributed by atoms with E-state index in [9.17, 15) is 10.1 Å². The van der Waals surface area contributed by atoms with Gasteiger partial charge in [-0.15, -0.1) is 0 Å². The molecule has 1 aliphatic heterocycles. The highest BCUT2D eigenvalue weighted by Crippen LogP contribution is 2.25. The number of aromatic nitrogens is 1. The molecule has 1 N–H and O–H groups in total. The predicted octanol–water partition coefficient (Wildman–Crippen LogP) is 2.11. The molecule has 0 unspecified atom stereocenters. The van der Waals surface area contributed by atoms with E-state index in [0.29, 0.717) is 23.6 Å². The number of nitrogens with one attached hydrogen (secondary N) is 1. The molecule has 7 heteroatoms. The molecular formula is C13H15N3O4. The molecule has 106 valence electrons. The molecular weight excluding hydrogens is 262 g/mol. The number of oxazole rings is 1. The Balaban J connectivity index is 1.70. The highest BCUT2D eigenvalue weighted by atomic mass is 16.6. The van der Waals surface area contributed by atoms with Gasteiger partial charge in [-0.1, -0.05) is 0 Å². The van der Waals surface area contributed by atoms with Crippen LogP contribution in [0.2, 0.25) is 0 Å². The Bertz CT molecular complexity index is 619. The molecule has 1 saturated heterocycles. The van der Waals surface area contributed by atoms with E-state index in [1.807, 2.05) is 0 Å². The molecule has 0 bridgehead atoms. The van der Waals surface area contributed by atoms with Crippen molar-refractivity contribution in [1.82, 2.24) is 10.3 Å². The SMILES string of the molecule is O=[N+]([O-])c1ccc2oc(OC[C@H]3CCCNC3)nc2c1. The van der Waals surface area contributed by atoms with Crippen LogP contribution in [0.25, 0.3) is 11.1 Å². The van der Waals surface area contributed by atoms with Crippen molar-refractivity contribution >= 4 is 16.8 Å². The Hall–Kier alpha value is -2.15. The summed E-state index contributed by atoms with van der Waals surface area (Å²) in [5.41, 5.74) is 0.928. The number of benzene rings is 1. The van der Waals surface area contributed by atoms with E-state index in [-0.39, 0.29) is 11.8 Å². The van der Waals surface area contributed by atoms with Gasteiger partial charge in [0.15, 0.2) is 5.58 Å². The molecule has 0 aliphatic carbocycles. The lowest BCUT2D eigenvalue weighted by atomic mass is 10.0. The average molecular weight is 277 g/mol. The largest absolute Gasteiger partial charge is 0.450 e. The lowest BCUT2D eigenvalue weighted by Crippen LogP contribution is -2.33. The van der Waals surface area contributed by atoms with Crippen LogP contribution in [-0.2, 0) is 0 Å². The van der Waals surface area contributed by atoms with Crippen LogP contribution in [0.4, 0.5) is 5.69 Å². The molecule has 0 saturated carbocycles. The van der Waals surface area contributed by atoms with Gasteiger partial charge in [0.2, 0.25) is 0 Å². The van der Waals surface area contributed by atoms with Gasteiger partial charge in [-0.25, -0.2) is 0 Å². The standard InChI is InChI=1S/C13H15N3O4/c17-16(18)10-3-4-12-11(6-10)15-13(20-12)19-8-9-2-1-5-14-7-9/h3-4,6,9,14H,1-2,5,7-8H2/t9-/m0/s1. The number of nitro groups is 1. The van der Waals surface area contributed by atoms with Crippen LogP contribution in [0.3, 0.4) is 0 Å². The van der Waals surface area contributed by atoms with Crippen LogP contribution >= 0.6 is 0 Å². The Labute approximate surface area is 115 Å². The fourth-order valence-corrected chi connectivity index (χ4v) is 2.33. The fraction of sp³-hybridized carbons (Fsp3) is 0.462. The topological polar surface area (TPSA) is 90.4 Å². The van der Waals surface area contributed by atoms with Gasteiger partial charge in [-0.2, -0.15) is 4.98 Å². The molecule has 0 radical (unpaired) electrons. The molecule has 1 fully saturated rings. The predicted molar refractivity (Wildman–Crippen MR) is 71.8 cm³/mol. The Morgan fingerprint density at radius 3 is 3.20 bits per heavy atom. The van der Waals surface area contributed by atoms with Gasteiger partial charge in [-0.05, 0) is 25.5 Å². The van der Waals surface area contributed by atoms with Crippen molar-refractivity contribution in [1.29, 1.82) is 0 Å². The minimum absolute atomic E-state index is 0.00571. The second-order valence-electron chi connectivity index (χ2n) is 4.91. The maximum absolute atomic E-state index is 10.7. The highest BCUT2D eigenvalue weighted by Gasteiger charge is 2.16. The molecule has 0 amide bonds. The van der Waals surface area contributed by atoms with Gasteiger partial charge in [0.25, 0.3) is 5.69 Å². The van der Waals surface area contributed by atoms with Crippen LogP contribution in [0.5, 0.6) is 6.08 Å². The summed E-state index contributed by atoms with van der Waals surface area (Å²) in [6.07, 6.45) is 2.44. The molecule has 1 aromatic heterocycles. The number of non-ortho nitro benzene ring substituents is 1. The third-order valence-corrected chi connectivity index (χ3v) is 3.40. The Morgan fingerprint density at radius 2 is 2.45 bits per heavy atom. The summed E-state index contributed by atoms with van der Waals surface area (Å²) >= 11 is 0. The first-order valence-corrected chi connectivity index (χ1v) is 6.61. The van der Waals surface area contributed by atoms with Crippen LogP contribution in [0, 0.1) is 16.0 Å². The second kappa shape index (κ2) is 5.46. The summed E-state index contributed by atoms with van der Waals surface area (Å²) in [6, 6.07) is 4.31. The minimum atomic E-state index is -0.456. The van der Waals surface area contributed by atoms with Crippen LogP contribution in [-0.4, -0.2) is 29.6 Å². The summed E-state index contributed by atoms with van der Waals surface area (Å²) in [5, 5.41) is 14.0.